The first-order valence-corrected chi connectivity index (χ1v) is 9.76. The van der Waals surface area contributed by atoms with Crippen LogP contribution in [0.5, 0.6) is 0 Å². The number of nitrogens with zero attached hydrogens (tertiary/aromatic N) is 1. The number of aryl methyl sites for hydroxylation is 1. The third-order valence-corrected chi connectivity index (χ3v) is 3.98. The lowest BCUT2D eigenvalue weighted by atomic mass is 10.0. The molecule has 1 rings (SSSR count). The van der Waals surface area contributed by atoms with Gasteiger partial charge in [0.15, 0.2) is 0 Å². The van der Waals surface area contributed by atoms with Crippen LogP contribution >= 0.6 is 0 Å². The molecule has 0 aliphatic carbocycles. The van der Waals surface area contributed by atoms with Crippen LogP contribution in [0.1, 0.15) is 37.9 Å². The number of hydrogen-bond acceptors (Lipinski definition) is 6. The summed E-state index contributed by atoms with van der Waals surface area (Å²) in [7, 11) is 1.21. The van der Waals surface area contributed by atoms with Crippen molar-refractivity contribution >= 4 is 23.9 Å². The van der Waals surface area contributed by atoms with E-state index in [1.54, 1.807) is 39.0 Å². The quantitative estimate of drug-likeness (QED) is 0.454. The Bertz CT molecular complexity index is 816. The van der Waals surface area contributed by atoms with Crippen molar-refractivity contribution in [3.05, 3.63) is 48.0 Å². The molecule has 0 fully saturated rings. The molecule has 1 atom stereocenters. The first-order chi connectivity index (χ1) is 14.5. The van der Waals surface area contributed by atoms with E-state index < -0.39 is 35.5 Å². The van der Waals surface area contributed by atoms with Crippen molar-refractivity contribution in [2.45, 2.75) is 39.3 Å². The Hall–Kier alpha value is -3.36. The fourth-order valence-corrected chi connectivity index (χ4v) is 2.69. The molecule has 0 aromatic heterocycles. The minimum absolute atomic E-state index is 0.0408. The van der Waals surface area contributed by atoms with E-state index in [1.807, 2.05) is 13.0 Å². The maximum Gasteiger partial charge on any atom is 0.408 e. The van der Waals surface area contributed by atoms with Crippen molar-refractivity contribution in [3.8, 4) is 0 Å². The average molecular weight is 434 g/mol. The molecule has 9 nitrogen and oxygen atoms in total. The van der Waals surface area contributed by atoms with Gasteiger partial charge in [0.25, 0.3) is 0 Å². The predicted octanol–water partition coefficient (Wildman–Crippen LogP) is 1.86. The molecule has 1 aromatic rings. The van der Waals surface area contributed by atoms with Gasteiger partial charge in [-0.3, -0.25) is 14.4 Å². The second-order valence-electron chi connectivity index (χ2n) is 7.80. The van der Waals surface area contributed by atoms with E-state index in [2.05, 4.69) is 21.9 Å². The van der Waals surface area contributed by atoms with Gasteiger partial charge in [0, 0.05) is 6.54 Å². The number of methoxy groups -OCH3 is 1. The highest BCUT2D eigenvalue weighted by Crippen LogP contribution is 2.22. The molecule has 170 valence electrons. The molecule has 0 saturated heterocycles. The van der Waals surface area contributed by atoms with Crippen LogP contribution in [-0.4, -0.2) is 61.1 Å². The van der Waals surface area contributed by atoms with E-state index in [1.165, 1.54) is 18.1 Å². The number of hydrogen-bond donors (Lipinski definition) is 2. The van der Waals surface area contributed by atoms with Crippen LogP contribution in [0.3, 0.4) is 0 Å². The van der Waals surface area contributed by atoms with Crippen LogP contribution in [0, 0.1) is 6.92 Å². The molecule has 0 radical (unpaired) electrons. The second kappa shape index (κ2) is 11.7. The van der Waals surface area contributed by atoms with E-state index in [0.717, 1.165) is 5.56 Å². The summed E-state index contributed by atoms with van der Waals surface area (Å²) in [5, 5.41) is 4.89. The van der Waals surface area contributed by atoms with Gasteiger partial charge in [-0.15, -0.1) is 6.58 Å². The van der Waals surface area contributed by atoms with Crippen molar-refractivity contribution in [2.24, 2.45) is 0 Å². The van der Waals surface area contributed by atoms with E-state index in [4.69, 9.17) is 4.74 Å². The summed E-state index contributed by atoms with van der Waals surface area (Å²) in [6, 6.07) is 6.06. The lowest BCUT2D eigenvalue weighted by Gasteiger charge is -2.31. The minimum Gasteiger partial charge on any atom is -0.468 e. The topological polar surface area (TPSA) is 114 Å². The monoisotopic (exact) mass is 433 g/mol. The largest absolute Gasteiger partial charge is 0.468 e. The number of ether oxygens (including phenoxy) is 2. The highest BCUT2D eigenvalue weighted by atomic mass is 16.6. The molecule has 0 aliphatic rings. The Labute approximate surface area is 182 Å². The Balaban J connectivity index is 3.12. The van der Waals surface area contributed by atoms with Gasteiger partial charge in [-0.25, -0.2) is 4.79 Å². The Kier molecular flexibility index (Phi) is 9.72. The maximum absolute atomic E-state index is 13.0. The van der Waals surface area contributed by atoms with E-state index in [9.17, 15) is 19.2 Å². The number of carbonyl (C=O) groups excluding carboxylic acids is 4. The number of alkyl carbamates (subject to hydrolysis) is 1. The summed E-state index contributed by atoms with van der Waals surface area (Å²) in [6.07, 6.45) is 0.725. The van der Waals surface area contributed by atoms with E-state index in [-0.39, 0.29) is 19.6 Å². The predicted molar refractivity (Wildman–Crippen MR) is 115 cm³/mol. The number of nitrogens with one attached hydrogen (secondary N) is 2. The summed E-state index contributed by atoms with van der Waals surface area (Å²) in [4.78, 5) is 50.5. The van der Waals surface area contributed by atoms with Crippen LogP contribution in [-0.2, 0) is 23.9 Å². The molecule has 3 amide bonds. The van der Waals surface area contributed by atoms with Crippen molar-refractivity contribution < 1.29 is 28.7 Å². The number of benzene rings is 1. The zero-order valence-corrected chi connectivity index (χ0v) is 18.7. The maximum atomic E-state index is 13.0. The standard InChI is InChI=1S/C22H31N3O6/c1-7-11-25(17(26)13-24-21(29)31-22(3,4)5)19(16-10-8-9-15(2)12-16)20(28)23-14-18(27)30-6/h7-10,12,19H,1,11,13-14H2,2-6H3,(H,23,28)(H,24,29). The van der Waals surface area contributed by atoms with Crippen molar-refractivity contribution in [3.63, 3.8) is 0 Å². The first kappa shape index (κ1) is 25.7. The van der Waals surface area contributed by atoms with E-state index in [0.29, 0.717) is 5.56 Å². The summed E-state index contributed by atoms with van der Waals surface area (Å²) < 4.78 is 9.70. The van der Waals surface area contributed by atoms with Crippen molar-refractivity contribution in [1.29, 1.82) is 0 Å². The molecule has 9 heteroatoms. The average Bonchev–Trinajstić information content (AvgIpc) is 2.68. The summed E-state index contributed by atoms with van der Waals surface area (Å²) in [5.41, 5.74) is 0.724. The highest BCUT2D eigenvalue weighted by molar-refractivity contribution is 5.92. The van der Waals surface area contributed by atoms with Gasteiger partial charge < -0.3 is 25.0 Å². The van der Waals surface area contributed by atoms with Gasteiger partial charge >= 0.3 is 12.1 Å². The first-order valence-electron chi connectivity index (χ1n) is 9.76. The Morgan fingerprint density at radius 3 is 2.39 bits per heavy atom. The van der Waals surface area contributed by atoms with Crippen LogP contribution in [0.2, 0.25) is 0 Å². The van der Waals surface area contributed by atoms with Crippen molar-refractivity contribution in [2.75, 3.05) is 26.7 Å². The van der Waals surface area contributed by atoms with Crippen molar-refractivity contribution in [1.82, 2.24) is 15.5 Å². The fraction of sp³-hybridized carbons (Fsp3) is 0.455. The molecular formula is C22H31N3O6. The molecule has 0 saturated carbocycles. The normalized spacial score (nSPS) is 11.6. The fourth-order valence-electron chi connectivity index (χ4n) is 2.69. The SMILES string of the molecule is C=CCN(C(=O)CNC(=O)OC(C)(C)C)C(C(=O)NCC(=O)OC)c1cccc(C)c1. The lowest BCUT2D eigenvalue weighted by Crippen LogP contribution is -2.48. The third kappa shape index (κ3) is 8.90. The van der Waals surface area contributed by atoms with Crippen LogP contribution in [0.4, 0.5) is 4.79 Å². The zero-order valence-electron chi connectivity index (χ0n) is 18.7. The number of esters is 1. The van der Waals surface area contributed by atoms with Gasteiger partial charge in [0.1, 0.15) is 24.7 Å². The number of rotatable bonds is 9. The minimum atomic E-state index is -1.05. The van der Waals surface area contributed by atoms with Crippen LogP contribution < -0.4 is 10.6 Å². The summed E-state index contributed by atoms with van der Waals surface area (Å²) in [6.45, 7) is 9.95. The van der Waals surface area contributed by atoms with Gasteiger partial charge in [-0.05, 0) is 33.3 Å². The summed E-state index contributed by atoms with van der Waals surface area (Å²) >= 11 is 0. The van der Waals surface area contributed by atoms with E-state index >= 15 is 0 Å². The van der Waals surface area contributed by atoms with Crippen LogP contribution in [0.15, 0.2) is 36.9 Å². The molecule has 0 bridgehead atoms. The number of carbonyl (C=O) groups is 4. The van der Waals surface area contributed by atoms with Gasteiger partial charge in [-0.1, -0.05) is 35.9 Å². The van der Waals surface area contributed by atoms with Gasteiger partial charge in [0.05, 0.1) is 7.11 Å². The molecule has 31 heavy (non-hydrogen) atoms. The highest BCUT2D eigenvalue weighted by Gasteiger charge is 2.31. The molecule has 1 aromatic carbocycles. The zero-order chi connectivity index (χ0) is 23.6. The molecule has 0 aliphatic heterocycles. The molecule has 0 heterocycles. The second-order valence-corrected chi connectivity index (χ2v) is 7.80. The lowest BCUT2D eigenvalue weighted by molar-refractivity contribution is -0.143. The molecular weight excluding hydrogens is 402 g/mol. The molecule has 2 N–H and O–H groups in total. The molecule has 0 spiro atoms. The smallest absolute Gasteiger partial charge is 0.408 e. The number of amides is 3. The van der Waals surface area contributed by atoms with Gasteiger partial charge in [-0.2, -0.15) is 0 Å². The van der Waals surface area contributed by atoms with Gasteiger partial charge in [0.2, 0.25) is 11.8 Å². The Morgan fingerprint density at radius 2 is 1.84 bits per heavy atom. The third-order valence-electron chi connectivity index (χ3n) is 3.98. The molecule has 1 unspecified atom stereocenters. The summed E-state index contributed by atoms with van der Waals surface area (Å²) in [5.74, 6) is -1.71. The Morgan fingerprint density at radius 1 is 1.16 bits per heavy atom. The van der Waals surface area contributed by atoms with Crippen LogP contribution in [0.25, 0.3) is 0 Å².